The molecule has 0 saturated carbocycles. The van der Waals surface area contributed by atoms with Crippen molar-refractivity contribution in [2.24, 2.45) is 0 Å². The molecular weight excluding hydrogens is 378 g/mol. The molecule has 1 aliphatic rings. The Kier molecular flexibility index (Phi) is 5.96. The number of hydrogen-bond donors (Lipinski definition) is 1. The van der Waals surface area contributed by atoms with Crippen molar-refractivity contribution in [1.29, 1.82) is 0 Å². The molecular formula is C24H27N3O3. The summed E-state index contributed by atoms with van der Waals surface area (Å²) in [6.07, 6.45) is 6.97. The lowest BCUT2D eigenvalue weighted by Crippen LogP contribution is -2.54. The molecule has 0 aliphatic carbocycles. The molecule has 1 aliphatic heterocycles. The van der Waals surface area contributed by atoms with Gasteiger partial charge in [-0.05, 0) is 17.1 Å². The van der Waals surface area contributed by atoms with Gasteiger partial charge in [-0.2, -0.15) is 0 Å². The summed E-state index contributed by atoms with van der Waals surface area (Å²) >= 11 is 0. The second-order valence-corrected chi connectivity index (χ2v) is 7.61. The molecule has 0 radical (unpaired) electrons. The van der Waals surface area contributed by atoms with E-state index in [1.54, 1.807) is 30.1 Å². The number of carbonyl (C=O) groups excluding carboxylic acids is 1. The summed E-state index contributed by atoms with van der Waals surface area (Å²) in [6.45, 7) is 11.8. The number of carbonyl (C=O) groups is 1. The molecule has 1 atom stereocenters. The predicted octanol–water partition coefficient (Wildman–Crippen LogP) is 3.70. The second-order valence-electron chi connectivity index (χ2n) is 7.61. The quantitative estimate of drug-likeness (QED) is 0.745. The van der Waals surface area contributed by atoms with E-state index in [0.717, 1.165) is 11.1 Å². The second kappa shape index (κ2) is 8.45. The lowest BCUT2D eigenvalue weighted by atomic mass is 9.97. The molecule has 1 N–H and O–H groups in total. The number of pyridine rings is 1. The normalized spacial score (nSPS) is 15.2. The predicted molar refractivity (Wildman–Crippen MR) is 119 cm³/mol. The van der Waals surface area contributed by atoms with E-state index in [9.17, 15) is 14.7 Å². The Morgan fingerprint density at radius 2 is 1.83 bits per heavy atom. The van der Waals surface area contributed by atoms with E-state index in [1.165, 1.54) is 4.90 Å². The molecule has 3 rings (SSSR count). The van der Waals surface area contributed by atoms with Gasteiger partial charge in [-0.25, -0.2) is 0 Å². The van der Waals surface area contributed by atoms with Crippen LogP contribution in [0.3, 0.4) is 0 Å². The summed E-state index contributed by atoms with van der Waals surface area (Å²) in [5, 5.41) is 12.6. The molecule has 1 unspecified atom stereocenters. The Morgan fingerprint density at radius 1 is 1.17 bits per heavy atom. The number of nitrogens with zero attached hydrogens (tertiary/aromatic N) is 3. The molecule has 30 heavy (non-hydrogen) atoms. The summed E-state index contributed by atoms with van der Waals surface area (Å²) in [7, 11) is 1.64. The van der Waals surface area contributed by atoms with Gasteiger partial charge < -0.3 is 10.0 Å². The topological polar surface area (TPSA) is 65.8 Å². The van der Waals surface area contributed by atoms with Crippen LogP contribution < -0.4 is 10.4 Å². The van der Waals surface area contributed by atoms with Crippen molar-refractivity contribution in [3.63, 3.8) is 0 Å². The minimum Gasteiger partial charge on any atom is -0.502 e. The SMILES string of the molecule is C=C/C=C(\C=C)C(c1ccccc1)N1CN(C)C(=O)c2c(O)c(=O)c(C(C)C)cn21. The third kappa shape index (κ3) is 3.56. The van der Waals surface area contributed by atoms with Gasteiger partial charge in [0, 0.05) is 18.8 Å². The lowest BCUT2D eigenvalue weighted by molar-refractivity contribution is 0.0726. The van der Waals surface area contributed by atoms with E-state index < -0.39 is 17.1 Å². The van der Waals surface area contributed by atoms with E-state index in [-0.39, 0.29) is 24.3 Å². The van der Waals surface area contributed by atoms with Gasteiger partial charge in [-0.15, -0.1) is 0 Å². The van der Waals surface area contributed by atoms with E-state index in [1.807, 2.05) is 55.3 Å². The fourth-order valence-corrected chi connectivity index (χ4v) is 3.74. The van der Waals surface area contributed by atoms with Crippen LogP contribution in [0.15, 0.2) is 78.3 Å². The first-order chi connectivity index (χ1) is 14.3. The fraction of sp³-hybridized carbons (Fsp3) is 0.250. The van der Waals surface area contributed by atoms with Crippen LogP contribution in [-0.2, 0) is 0 Å². The molecule has 156 valence electrons. The summed E-state index contributed by atoms with van der Waals surface area (Å²) in [5.41, 5.74) is 1.73. The Hall–Kier alpha value is -3.54. The van der Waals surface area contributed by atoms with Crippen molar-refractivity contribution in [1.82, 2.24) is 9.58 Å². The van der Waals surface area contributed by atoms with E-state index in [4.69, 9.17) is 0 Å². The molecule has 1 amide bonds. The van der Waals surface area contributed by atoms with Crippen LogP contribution in [0.5, 0.6) is 5.75 Å². The van der Waals surface area contributed by atoms with Gasteiger partial charge in [-0.1, -0.05) is 75.6 Å². The first-order valence-electron chi connectivity index (χ1n) is 9.82. The van der Waals surface area contributed by atoms with Crippen LogP contribution in [-0.4, -0.2) is 34.3 Å². The first kappa shape index (κ1) is 21.2. The molecule has 1 aromatic carbocycles. The van der Waals surface area contributed by atoms with Crippen LogP contribution in [0, 0.1) is 0 Å². The zero-order valence-electron chi connectivity index (χ0n) is 17.6. The third-order valence-corrected chi connectivity index (χ3v) is 5.27. The number of fused-ring (bicyclic) bond motifs is 1. The largest absolute Gasteiger partial charge is 0.502 e. The number of rotatable bonds is 6. The third-order valence-electron chi connectivity index (χ3n) is 5.27. The van der Waals surface area contributed by atoms with Gasteiger partial charge in [0.05, 0.1) is 6.04 Å². The minimum atomic E-state index is -0.526. The maximum Gasteiger partial charge on any atom is 0.277 e. The van der Waals surface area contributed by atoms with Crippen molar-refractivity contribution in [3.8, 4) is 5.75 Å². The molecule has 1 aromatic heterocycles. The molecule has 0 fully saturated rings. The molecule has 6 heteroatoms. The maximum absolute atomic E-state index is 12.9. The Bertz CT molecular complexity index is 1070. The van der Waals surface area contributed by atoms with Crippen LogP contribution in [0.4, 0.5) is 0 Å². The number of hydrogen-bond acceptors (Lipinski definition) is 4. The van der Waals surface area contributed by atoms with E-state index in [0.29, 0.717) is 5.56 Å². The summed E-state index contributed by atoms with van der Waals surface area (Å²) in [4.78, 5) is 27.0. The fourth-order valence-electron chi connectivity index (χ4n) is 3.74. The van der Waals surface area contributed by atoms with E-state index >= 15 is 0 Å². The highest BCUT2D eigenvalue weighted by molar-refractivity contribution is 5.96. The molecule has 0 spiro atoms. The summed E-state index contributed by atoms with van der Waals surface area (Å²) < 4.78 is 1.62. The Labute approximate surface area is 176 Å². The first-order valence-corrected chi connectivity index (χ1v) is 9.82. The number of benzene rings is 1. The molecule has 2 aromatic rings. The number of allylic oxidation sites excluding steroid dienone is 2. The van der Waals surface area contributed by atoms with Crippen LogP contribution in [0.25, 0.3) is 0 Å². The zero-order chi connectivity index (χ0) is 22.0. The van der Waals surface area contributed by atoms with Crippen molar-refractivity contribution in [3.05, 3.63) is 101 Å². The van der Waals surface area contributed by atoms with Crippen LogP contribution in [0.2, 0.25) is 0 Å². The van der Waals surface area contributed by atoms with Gasteiger partial charge in [0.15, 0.2) is 11.4 Å². The highest BCUT2D eigenvalue weighted by Gasteiger charge is 2.36. The number of aromatic nitrogens is 1. The summed E-state index contributed by atoms with van der Waals surface area (Å²) in [6, 6.07) is 9.49. The van der Waals surface area contributed by atoms with E-state index in [2.05, 4.69) is 13.2 Å². The van der Waals surface area contributed by atoms with Crippen molar-refractivity contribution >= 4 is 5.91 Å². The zero-order valence-corrected chi connectivity index (χ0v) is 17.6. The molecule has 0 saturated heterocycles. The smallest absolute Gasteiger partial charge is 0.277 e. The average Bonchev–Trinajstić information content (AvgIpc) is 2.73. The van der Waals surface area contributed by atoms with Crippen molar-refractivity contribution in [2.45, 2.75) is 25.8 Å². The maximum atomic E-state index is 12.9. The number of amides is 1. The number of aromatic hydroxyl groups is 1. The lowest BCUT2D eigenvalue weighted by Gasteiger charge is -2.43. The molecule has 0 bridgehead atoms. The summed E-state index contributed by atoms with van der Waals surface area (Å²) in [5.74, 6) is -1.05. The van der Waals surface area contributed by atoms with Crippen molar-refractivity contribution < 1.29 is 9.90 Å². The van der Waals surface area contributed by atoms with Crippen LogP contribution in [0.1, 0.15) is 47.4 Å². The van der Waals surface area contributed by atoms with Gasteiger partial charge in [0.1, 0.15) is 6.67 Å². The molecule has 2 heterocycles. The monoisotopic (exact) mass is 405 g/mol. The Balaban J connectivity index is 2.34. The minimum absolute atomic E-state index is 0.0407. The Morgan fingerprint density at radius 3 is 2.40 bits per heavy atom. The molecule has 6 nitrogen and oxygen atoms in total. The van der Waals surface area contributed by atoms with Crippen LogP contribution >= 0.6 is 0 Å². The highest BCUT2D eigenvalue weighted by Crippen LogP contribution is 2.33. The van der Waals surface area contributed by atoms with Gasteiger partial charge >= 0.3 is 0 Å². The standard InChI is InChI=1S/C24H27N3O3/c1-6-11-17(7-2)20(18-12-9-8-10-13-18)27-15-25(5)24(30)21-23(29)22(28)19(16(3)4)14-26(21)27/h6-14,16,20,29H,1-2,15H2,3-5H3/b17-11+. The van der Waals surface area contributed by atoms with Gasteiger partial charge in [0.2, 0.25) is 5.43 Å². The average molecular weight is 405 g/mol. The van der Waals surface area contributed by atoms with Crippen molar-refractivity contribution in [2.75, 3.05) is 18.7 Å². The highest BCUT2D eigenvalue weighted by atomic mass is 16.3. The van der Waals surface area contributed by atoms with Gasteiger partial charge in [0.25, 0.3) is 5.91 Å². The van der Waals surface area contributed by atoms with Gasteiger partial charge in [-0.3, -0.25) is 19.3 Å².